The maximum Gasteiger partial charge on any atom is 0.106 e. The second kappa shape index (κ2) is 3.56. The van der Waals surface area contributed by atoms with Gasteiger partial charge in [0.2, 0.25) is 0 Å². The van der Waals surface area contributed by atoms with Gasteiger partial charge in [0.1, 0.15) is 6.10 Å². The Balaban J connectivity index is 2.42. The lowest BCUT2D eigenvalue weighted by Gasteiger charge is -2.31. The summed E-state index contributed by atoms with van der Waals surface area (Å²) in [6.07, 6.45) is 0.979. The van der Waals surface area contributed by atoms with Crippen molar-refractivity contribution in [3.05, 3.63) is 48.0 Å². The van der Waals surface area contributed by atoms with Gasteiger partial charge in [0.05, 0.1) is 6.10 Å². The van der Waals surface area contributed by atoms with Crippen LogP contribution in [0.25, 0.3) is 0 Å². The monoisotopic (exact) mass is 190 g/mol. The van der Waals surface area contributed by atoms with E-state index in [2.05, 4.69) is 6.58 Å². The predicted molar refractivity (Wildman–Crippen MR) is 54.8 cm³/mol. The number of aliphatic hydroxyl groups excluding tert-OH is 2. The van der Waals surface area contributed by atoms with Crippen molar-refractivity contribution in [3.63, 3.8) is 0 Å². The van der Waals surface area contributed by atoms with Gasteiger partial charge in [0, 0.05) is 5.92 Å². The molecule has 0 fully saturated rings. The Hall–Kier alpha value is -1.12. The first-order valence-corrected chi connectivity index (χ1v) is 4.80. The highest BCUT2D eigenvalue weighted by Gasteiger charge is 2.32. The summed E-state index contributed by atoms with van der Waals surface area (Å²) in [6.45, 7) is 3.67. The van der Waals surface area contributed by atoms with Crippen molar-refractivity contribution in [1.29, 1.82) is 0 Å². The van der Waals surface area contributed by atoms with Crippen molar-refractivity contribution < 1.29 is 10.2 Å². The topological polar surface area (TPSA) is 40.5 Å². The normalized spacial score (nSPS) is 30.9. The molecule has 0 spiro atoms. The van der Waals surface area contributed by atoms with Gasteiger partial charge in [-0.3, -0.25) is 0 Å². The Bertz CT molecular complexity index is 346. The van der Waals surface area contributed by atoms with E-state index in [0.717, 1.165) is 17.5 Å². The molecule has 1 aliphatic carbocycles. The third-order valence-electron chi connectivity index (χ3n) is 2.89. The maximum absolute atomic E-state index is 9.83. The average molecular weight is 190 g/mol. The molecule has 0 bridgehead atoms. The Kier molecular flexibility index (Phi) is 2.40. The molecule has 14 heavy (non-hydrogen) atoms. The molecule has 2 nitrogen and oxygen atoms in total. The fourth-order valence-corrected chi connectivity index (χ4v) is 2.02. The first kappa shape index (κ1) is 9.44. The van der Waals surface area contributed by atoms with E-state index in [1.165, 1.54) is 0 Å². The molecule has 74 valence electrons. The summed E-state index contributed by atoms with van der Waals surface area (Å²) in [5, 5.41) is 19.6. The van der Waals surface area contributed by atoms with Crippen molar-refractivity contribution in [2.75, 3.05) is 0 Å². The smallest absolute Gasteiger partial charge is 0.106 e. The Morgan fingerprint density at radius 1 is 1.29 bits per heavy atom. The van der Waals surface area contributed by atoms with Gasteiger partial charge in [-0.05, 0) is 17.5 Å². The van der Waals surface area contributed by atoms with E-state index >= 15 is 0 Å². The zero-order chi connectivity index (χ0) is 10.1. The fourth-order valence-electron chi connectivity index (χ4n) is 2.02. The van der Waals surface area contributed by atoms with Gasteiger partial charge in [-0.15, -0.1) is 6.58 Å². The minimum Gasteiger partial charge on any atom is -0.389 e. The molecule has 0 aromatic heterocycles. The van der Waals surface area contributed by atoms with Crippen LogP contribution in [0, 0.1) is 5.92 Å². The maximum atomic E-state index is 9.83. The molecule has 0 radical (unpaired) electrons. The van der Waals surface area contributed by atoms with E-state index < -0.39 is 12.2 Å². The first-order chi connectivity index (χ1) is 6.74. The largest absolute Gasteiger partial charge is 0.389 e. The lowest BCUT2D eigenvalue weighted by molar-refractivity contribution is -0.0148. The van der Waals surface area contributed by atoms with Crippen LogP contribution in [0.15, 0.2) is 36.9 Å². The van der Waals surface area contributed by atoms with Crippen LogP contribution in [0.1, 0.15) is 17.2 Å². The van der Waals surface area contributed by atoms with Gasteiger partial charge < -0.3 is 10.2 Å². The van der Waals surface area contributed by atoms with Crippen LogP contribution in [0.5, 0.6) is 0 Å². The molecule has 2 rings (SSSR count). The summed E-state index contributed by atoms with van der Waals surface area (Å²) >= 11 is 0. The predicted octanol–water partition coefficient (Wildman–Crippen LogP) is 1.44. The van der Waals surface area contributed by atoms with Crippen LogP contribution < -0.4 is 0 Å². The highest BCUT2D eigenvalue weighted by atomic mass is 16.3. The lowest BCUT2D eigenvalue weighted by atomic mass is 9.80. The molecular formula is C12H14O2. The molecule has 0 saturated heterocycles. The van der Waals surface area contributed by atoms with Crippen molar-refractivity contribution in [2.24, 2.45) is 5.92 Å². The zero-order valence-corrected chi connectivity index (χ0v) is 7.93. The van der Waals surface area contributed by atoms with Crippen molar-refractivity contribution >= 4 is 0 Å². The Morgan fingerprint density at radius 2 is 2.00 bits per heavy atom. The molecule has 0 heterocycles. The molecular weight excluding hydrogens is 176 g/mol. The molecule has 3 atom stereocenters. The average Bonchev–Trinajstić information content (AvgIpc) is 2.23. The third-order valence-corrected chi connectivity index (χ3v) is 2.89. The van der Waals surface area contributed by atoms with Gasteiger partial charge in [0.15, 0.2) is 0 Å². The van der Waals surface area contributed by atoms with Crippen molar-refractivity contribution in [3.8, 4) is 0 Å². The second-order valence-electron chi connectivity index (χ2n) is 3.74. The van der Waals surface area contributed by atoms with Crippen molar-refractivity contribution in [2.45, 2.75) is 18.6 Å². The first-order valence-electron chi connectivity index (χ1n) is 4.80. The molecule has 1 aromatic carbocycles. The SMILES string of the molecule is C=CC1Cc2ccccc2C(O)C1O. The number of hydrogen-bond acceptors (Lipinski definition) is 2. The molecule has 2 N–H and O–H groups in total. The molecule has 1 aromatic rings. The zero-order valence-electron chi connectivity index (χ0n) is 7.93. The number of rotatable bonds is 1. The summed E-state index contributed by atoms with van der Waals surface area (Å²) < 4.78 is 0. The number of aliphatic hydroxyl groups is 2. The quantitative estimate of drug-likeness (QED) is 0.658. The fraction of sp³-hybridized carbons (Fsp3) is 0.333. The van der Waals surface area contributed by atoms with Crippen LogP contribution in [0.4, 0.5) is 0 Å². The molecule has 0 amide bonds. The van der Waals surface area contributed by atoms with E-state index in [4.69, 9.17) is 0 Å². The Morgan fingerprint density at radius 3 is 2.71 bits per heavy atom. The van der Waals surface area contributed by atoms with E-state index in [1.807, 2.05) is 24.3 Å². The molecule has 2 heteroatoms. The van der Waals surface area contributed by atoms with Gasteiger partial charge >= 0.3 is 0 Å². The van der Waals surface area contributed by atoms with Gasteiger partial charge in [0.25, 0.3) is 0 Å². The van der Waals surface area contributed by atoms with Gasteiger partial charge in [-0.1, -0.05) is 30.3 Å². The van der Waals surface area contributed by atoms with Crippen LogP contribution in [-0.4, -0.2) is 16.3 Å². The number of hydrogen-bond donors (Lipinski definition) is 2. The summed E-state index contributed by atoms with van der Waals surface area (Å²) in [7, 11) is 0. The van der Waals surface area contributed by atoms with Crippen LogP contribution in [0.3, 0.4) is 0 Å². The highest BCUT2D eigenvalue weighted by Crippen LogP contribution is 2.33. The lowest BCUT2D eigenvalue weighted by Crippen LogP contribution is -2.33. The molecule has 3 unspecified atom stereocenters. The van der Waals surface area contributed by atoms with E-state index in [1.54, 1.807) is 6.08 Å². The summed E-state index contributed by atoms with van der Waals surface area (Å²) in [5.74, 6) is -0.0418. The number of benzene rings is 1. The minimum atomic E-state index is -0.775. The molecule has 0 aliphatic heterocycles. The minimum absolute atomic E-state index is 0.0418. The van der Waals surface area contributed by atoms with E-state index in [9.17, 15) is 10.2 Å². The van der Waals surface area contributed by atoms with Gasteiger partial charge in [-0.25, -0.2) is 0 Å². The van der Waals surface area contributed by atoms with Gasteiger partial charge in [-0.2, -0.15) is 0 Å². The summed E-state index contributed by atoms with van der Waals surface area (Å²) in [6, 6.07) is 7.68. The molecule has 0 saturated carbocycles. The van der Waals surface area contributed by atoms with Crippen molar-refractivity contribution in [1.82, 2.24) is 0 Å². The summed E-state index contributed by atoms with van der Waals surface area (Å²) in [5.41, 5.74) is 1.95. The third kappa shape index (κ3) is 1.37. The van der Waals surface area contributed by atoms with Crippen LogP contribution in [-0.2, 0) is 6.42 Å². The van der Waals surface area contributed by atoms with E-state index in [-0.39, 0.29) is 5.92 Å². The number of fused-ring (bicyclic) bond motifs is 1. The molecule has 1 aliphatic rings. The standard InChI is InChI=1S/C12H14O2/c1-2-8-7-9-5-3-4-6-10(9)12(14)11(8)13/h2-6,8,11-14H,1,7H2. The van der Waals surface area contributed by atoms with Crippen LogP contribution in [0.2, 0.25) is 0 Å². The van der Waals surface area contributed by atoms with Crippen LogP contribution >= 0.6 is 0 Å². The second-order valence-corrected chi connectivity index (χ2v) is 3.74. The summed E-state index contributed by atoms with van der Waals surface area (Å²) in [4.78, 5) is 0. The van der Waals surface area contributed by atoms with E-state index in [0.29, 0.717) is 0 Å². The Labute approximate surface area is 83.5 Å². The highest BCUT2D eigenvalue weighted by molar-refractivity contribution is 5.33.